The van der Waals surface area contributed by atoms with Crippen LogP contribution in [0.25, 0.3) is 0 Å². The van der Waals surface area contributed by atoms with Crippen molar-refractivity contribution in [1.29, 1.82) is 0 Å². The number of fused-ring (bicyclic) bond motifs is 6. The molecule has 0 radical (unpaired) electrons. The maximum atomic E-state index is 12.4. The van der Waals surface area contributed by atoms with Gasteiger partial charge in [-0.15, -0.1) is 20.5 Å². The topological polar surface area (TPSA) is 283 Å². The summed E-state index contributed by atoms with van der Waals surface area (Å²) in [6.45, 7) is 1.15. The Labute approximate surface area is 669 Å². The second-order valence-electron chi connectivity index (χ2n) is 29.0. The van der Waals surface area contributed by atoms with Crippen LogP contribution in [0.1, 0.15) is 120 Å². The average Bonchev–Trinajstić information content (AvgIpc) is 1.59. The maximum Gasteiger partial charge on any atom is 0.290 e. The van der Waals surface area contributed by atoms with Crippen LogP contribution in [0.5, 0.6) is 0 Å². The van der Waals surface area contributed by atoms with Crippen LogP contribution in [0, 0.1) is 40.7 Å². The summed E-state index contributed by atoms with van der Waals surface area (Å²) in [6.07, 6.45) is 27.1. The van der Waals surface area contributed by atoms with E-state index in [1.165, 1.54) is 33.4 Å². The molecule has 0 saturated heterocycles. The summed E-state index contributed by atoms with van der Waals surface area (Å²) in [5, 5.41) is 26.2. The zero-order valence-electron chi connectivity index (χ0n) is 60.3. The number of allylic oxidation sites excluding steroid dienone is 8. The molecule has 2 aliphatic carbocycles. The van der Waals surface area contributed by atoms with Crippen molar-refractivity contribution in [2.75, 3.05) is 23.9 Å². The van der Waals surface area contributed by atoms with E-state index in [4.69, 9.17) is 60.5 Å². The fourth-order valence-electron chi connectivity index (χ4n) is 18.2. The predicted molar refractivity (Wildman–Crippen MR) is 413 cm³/mol. The number of anilines is 2. The van der Waals surface area contributed by atoms with Gasteiger partial charge >= 0.3 is 0 Å². The van der Waals surface area contributed by atoms with Crippen molar-refractivity contribution < 1.29 is 76.8 Å². The first-order valence-corrected chi connectivity index (χ1v) is 41.0. The van der Waals surface area contributed by atoms with Crippen LogP contribution < -0.4 is 47.1 Å². The van der Waals surface area contributed by atoms with Crippen molar-refractivity contribution in [2.24, 2.45) is 0 Å². The Bertz CT molecular complexity index is 4730. The molecule has 2 saturated carbocycles. The van der Waals surface area contributed by atoms with Gasteiger partial charge in [-0.3, -0.25) is 20.2 Å². The zero-order chi connectivity index (χ0) is 77.9. The minimum atomic E-state index is -4.94. The predicted octanol–water partition coefficient (Wildman–Crippen LogP) is 12.5. The normalized spacial score (nSPS) is 17.9. The molecule has 110 heavy (non-hydrogen) atoms. The van der Waals surface area contributed by atoms with Gasteiger partial charge in [0.1, 0.15) is 14.1 Å². The number of hydrogen-bond donors (Lipinski definition) is 0. The van der Waals surface area contributed by atoms with Gasteiger partial charge in [0.05, 0.1) is 41.8 Å². The van der Waals surface area contributed by atoms with Crippen LogP contribution >= 0.6 is 55.1 Å². The third kappa shape index (κ3) is 16.8. The van der Waals surface area contributed by atoms with Gasteiger partial charge in [-0.1, -0.05) is 219 Å². The van der Waals surface area contributed by atoms with E-state index < -0.39 is 31.3 Å². The minimum Gasteiger partial charge on any atom is -0.339 e. The van der Waals surface area contributed by atoms with Crippen LogP contribution in [-0.2, 0) is 60.4 Å². The molecule has 0 atom stereocenters. The highest BCUT2D eigenvalue weighted by atomic mass is 79.9. The number of rotatable bonds is 18. The summed E-state index contributed by atoms with van der Waals surface area (Å²) >= 11 is 21.6. The van der Waals surface area contributed by atoms with E-state index in [1.54, 1.807) is 12.1 Å². The van der Waals surface area contributed by atoms with E-state index in [0.29, 0.717) is 57.8 Å². The summed E-state index contributed by atoms with van der Waals surface area (Å²) in [6, 6.07) is 72.9. The Morgan fingerprint density at radius 3 is 1.01 bits per heavy atom. The summed E-state index contributed by atoms with van der Waals surface area (Å²) in [7, 11) is -5.75. The summed E-state index contributed by atoms with van der Waals surface area (Å²) in [4.78, 5) is 29.3. The Hall–Kier alpha value is -8.52. The van der Waals surface area contributed by atoms with Crippen molar-refractivity contribution in [2.45, 2.75) is 125 Å². The van der Waals surface area contributed by atoms with Crippen molar-refractivity contribution in [3.63, 3.8) is 0 Å². The number of nitrogens with zero attached hydrogens (tertiary/aromatic N) is 6. The van der Waals surface area contributed by atoms with Crippen molar-refractivity contribution in [3.05, 3.63) is 349 Å². The maximum absolute atomic E-state index is 12.4. The molecule has 6 aliphatic rings. The number of nitro groups is 2. The largest absolute Gasteiger partial charge is 0.339 e. The van der Waals surface area contributed by atoms with Crippen LogP contribution in [0.15, 0.2) is 263 Å². The quantitative estimate of drug-likeness (QED) is 0.0439. The third-order valence-corrected chi connectivity index (χ3v) is 24.3. The molecule has 4 heterocycles. The fraction of sp³-hybridized carbons (Fsp3) is 0.256. The molecule has 0 unspecified atom stereocenters. The molecule has 2 fully saturated rings. The van der Waals surface area contributed by atoms with E-state index in [1.807, 2.05) is 24.3 Å². The highest BCUT2D eigenvalue weighted by Gasteiger charge is 2.55. The molecule has 0 amide bonds. The summed E-state index contributed by atoms with van der Waals surface area (Å²) in [5.74, 6) is 0. The lowest BCUT2D eigenvalue weighted by Gasteiger charge is -2.35. The molecule has 2 spiro atoms. The second-order valence-corrected chi connectivity index (χ2v) is 33.1. The van der Waals surface area contributed by atoms with Gasteiger partial charge in [0, 0.05) is 80.0 Å². The van der Waals surface area contributed by atoms with Crippen molar-refractivity contribution in [3.8, 4) is 0 Å². The second kappa shape index (κ2) is 33.0. The third-order valence-electron chi connectivity index (χ3n) is 22.6. The van der Waals surface area contributed by atoms with Gasteiger partial charge in [0.25, 0.3) is 11.4 Å². The first-order chi connectivity index (χ1) is 52.6. The Kier molecular flexibility index (Phi) is 23.9. The standard InChI is InChI=1S/C86H78Br2Cl2N6O4.2ClHO4/c1-91-75-51-77(95(97)98)71(87)49-69(75)83(43-17-7-18-44-83)79(91)31-21-33-81-85(53-59-23-9-3-10-24-59,54-60-25-11-4-12-26-60)67-47-65(89)39-41-73(67)93(81)57-63-35-37-64(38-36-63)58-94-74-42-40-66(90)48-68(74)86(55-61-27-13-5-14-28-61,56-62-29-15-6-16-30-62)82(94)34-22-32-80-84(45-19-8-20-46-84)70-50-72(88)78(96(99)100)52-76(70)92(80)2;2*2-1(3,4)5/h3-6,9-16,21-42,47-52H,7-8,17-20,43-46,53-58H2,1-2H3;2*(H,2,3,4,5)/q+2;;/p-2. The summed E-state index contributed by atoms with van der Waals surface area (Å²) < 4.78 is 73.4. The van der Waals surface area contributed by atoms with Crippen LogP contribution in [0.2, 0.25) is 10.0 Å². The molecule has 9 aromatic rings. The van der Waals surface area contributed by atoms with E-state index in [9.17, 15) is 20.2 Å². The Balaban J connectivity index is 0.00000100. The van der Waals surface area contributed by atoms with Crippen molar-refractivity contribution >= 4 is 101 Å². The molecule has 24 heteroatoms. The molecular weight excluding hydrogens is 1610 g/mol. The van der Waals surface area contributed by atoms with Gasteiger partial charge in [-0.05, 0) is 188 Å². The van der Waals surface area contributed by atoms with Gasteiger partial charge in [-0.25, -0.2) is 37.3 Å². The number of halogens is 6. The lowest BCUT2D eigenvalue weighted by Crippen LogP contribution is -2.68. The van der Waals surface area contributed by atoms with E-state index in [2.05, 4.69) is 271 Å². The minimum absolute atomic E-state index is 0.0674. The van der Waals surface area contributed by atoms with Crippen molar-refractivity contribution in [1.82, 2.24) is 0 Å². The molecule has 9 aromatic carbocycles. The molecule has 18 nitrogen and oxygen atoms in total. The molecular formula is C86H78Br2Cl4N6O12. The van der Waals surface area contributed by atoms with Gasteiger partial charge in [-0.2, -0.15) is 9.15 Å². The van der Waals surface area contributed by atoms with E-state index in [-0.39, 0.29) is 32.1 Å². The number of hydrogen-bond acceptors (Lipinski definition) is 14. The van der Waals surface area contributed by atoms with Gasteiger partial charge in [0.15, 0.2) is 11.4 Å². The fourth-order valence-corrected chi connectivity index (χ4v) is 19.5. The van der Waals surface area contributed by atoms with Gasteiger partial charge < -0.3 is 9.80 Å². The molecule has 566 valence electrons. The molecule has 15 rings (SSSR count). The Morgan fingerprint density at radius 1 is 0.418 bits per heavy atom. The first-order valence-electron chi connectivity index (χ1n) is 36.2. The van der Waals surface area contributed by atoms with Gasteiger partial charge in [0.2, 0.25) is 11.4 Å². The first kappa shape index (κ1) is 79.6. The van der Waals surface area contributed by atoms with E-state index in [0.717, 1.165) is 132 Å². The summed E-state index contributed by atoms with van der Waals surface area (Å²) in [5.41, 5.74) is 18.8. The lowest BCUT2D eigenvalue weighted by molar-refractivity contribution is -2.00. The van der Waals surface area contributed by atoms with Crippen LogP contribution in [0.3, 0.4) is 0 Å². The zero-order valence-corrected chi connectivity index (χ0v) is 66.5. The number of benzene rings is 9. The monoisotopic (exact) mass is 1680 g/mol. The highest BCUT2D eigenvalue weighted by molar-refractivity contribution is 9.11. The smallest absolute Gasteiger partial charge is 0.290 e. The van der Waals surface area contributed by atoms with Crippen LogP contribution in [-0.4, -0.2) is 44.5 Å². The lowest BCUT2D eigenvalue weighted by atomic mass is 9.67. The highest BCUT2D eigenvalue weighted by Crippen LogP contribution is 2.58. The molecule has 0 bridgehead atoms. The molecule has 0 N–H and O–H groups in total. The van der Waals surface area contributed by atoms with Crippen LogP contribution in [0.4, 0.5) is 34.1 Å². The molecule has 0 aromatic heterocycles. The average molecular weight is 1690 g/mol. The SMILES string of the molecule is C[N+]1=C(C=CC=C2N(Cc3ccc(CN4C(=CC=CC5=[N+](C)c6cc([N+](=O)[O-])c(Br)cc6C56CCCCC6)C(Cc5ccccc5)(Cc5ccccc5)c5cc(Cl)ccc54)cc3)c3ccc(Cl)cc3C2(Cc2ccccc2)Cc2ccccc2)C2(CCCCC2)c2cc(Br)c([N+](=O)[O-])cc21.[O-][Cl+3]([O-])([O-])[O-].[O-][Cl+3]([O-])([O-])[O-]. The van der Waals surface area contributed by atoms with E-state index >= 15 is 0 Å². The Morgan fingerprint density at radius 2 is 0.718 bits per heavy atom. The number of nitro benzene ring substituents is 2. The molecule has 4 aliphatic heterocycles.